The zero-order valence-electron chi connectivity index (χ0n) is 46.8. The van der Waals surface area contributed by atoms with E-state index in [0.29, 0.717) is 36.5 Å². The summed E-state index contributed by atoms with van der Waals surface area (Å²) in [5, 5.41) is 43.2. The molecule has 0 saturated carbocycles. The number of hydrogen-bond donors (Lipinski definition) is 12. The van der Waals surface area contributed by atoms with Crippen LogP contribution in [0.25, 0.3) is 11.1 Å². The van der Waals surface area contributed by atoms with Crippen molar-refractivity contribution in [2.75, 3.05) is 51.3 Å². The second kappa shape index (κ2) is 31.2. The highest BCUT2D eigenvalue weighted by molar-refractivity contribution is 5.93. The predicted molar refractivity (Wildman–Crippen MR) is 310 cm³/mol. The molecule has 1 aliphatic heterocycles. The topological polar surface area (TPSA) is 336 Å². The number of benzene rings is 5. The largest absolute Gasteiger partial charge is 0.508 e. The first-order valence-electron chi connectivity index (χ1n) is 27.9. The predicted octanol–water partition coefficient (Wildman–Crippen LogP) is 3.69. The number of nitrogens with two attached hydrogens (primary N) is 1. The van der Waals surface area contributed by atoms with Crippen molar-refractivity contribution >= 4 is 59.2 Å². The average molecular weight is 1170 g/mol. The van der Waals surface area contributed by atoms with Gasteiger partial charge in [-0.2, -0.15) is 4.99 Å². The molecule has 5 aromatic rings. The van der Waals surface area contributed by atoms with Crippen molar-refractivity contribution in [3.8, 4) is 16.9 Å². The Balaban J connectivity index is 0.908. The summed E-state index contributed by atoms with van der Waals surface area (Å²) in [5.41, 5.74) is 12.3. The number of hydrogen-bond acceptors (Lipinski definition) is 12. The van der Waals surface area contributed by atoms with Crippen LogP contribution in [0.3, 0.4) is 0 Å². The first-order valence-corrected chi connectivity index (χ1v) is 27.9. The number of nitrogens with zero attached hydrogens (tertiary/aromatic N) is 2. The highest BCUT2D eigenvalue weighted by Crippen LogP contribution is 2.44. The van der Waals surface area contributed by atoms with Crippen LogP contribution < -0.4 is 53.6 Å². The van der Waals surface area contributed by atoms with E-state index in [-0.39, 0.29) is 95.6 Å². The number of guanidine groups is 1. The summed E-state index contributed by atoms with van der Waals surface area (Å²) < 4.78 is 35.0. The second-order valence-electron chi connectivity index (χ2n) is 20.1. The Kier molecular flexibility index (Phi) is 23.2. The van der Waals surface area contributed by atoms with Crippen molar-refractivity contribution in [3.63, 3.8) is 0 Å². The summed E-state index contributed by atoms with van der Waals surface area (Å²) >= 11 is 0. The number of urea groups is 1. The third-order valence-electron chi connectivity index (χ3n) is 14.1. The summed E-state index contributed by atoms with van der Waals surface area (Å²) in [6, 6.07) is 26.9. The van der Waals surface area contributed by atoms with Gasteiger partial charge in [0.05, 0.1) is 6.61 Å². The Hall–Kier alpha value is -9.49. The molecular weight excluding hydrogens is 1100 g/mol. The monoisotopic (exact) mass is 1170 g/mol. The number of aliphatic hydroxyl groups excluding tert-OH is 1. The van der Waals surface area contributed by atoms with Crippen molar-refractivity contribution in [1.29, 1.82) is 0 Å². The van der Waals surface area contributed by atoms with Crippen molar-refractivity contribution < 1.29 is 62.1 Å². The number of aliphatic imine (C=N–C) groups is 1. The summed E-state index contributed by atoms with van der Waals surface area (Å²) in [6.07, 6.45) is -0.448. The molecular formula is C60H70F2N12O11. The number of phenols is 1. The Morgan fingerprint density at radius 3 is 1.96 bits per heavy atom. The number of halogens is 2. The zero-order valence-corrected chi connectivity index (χ0v) is 46.8. The molecule has 3 atom stereocenters. The lowest BCUT2D eigenvalue weighted by Crippen LogP contribution is -2.50. The fraction of sp³-hybridized carbons (Fsp3) is 0.350. The number of rotatable bonds is 28. The van der Waals surface area contributed by atoms with E-state index in [1.54, 1.807) is 31.2 Å². The van der Waals surface area contributed by atoms with Crippen LogP contribution in [0.4, 0.5) is 24.1 Å². The number of carbonyl (C=O) groups excluding carboxylic acids is 8. The second-order valence-corrected chi connectivity index (χ2v) is 20.1. The lowest BCUT2D eigenvalue weighted by Gasteiger charge is -2.29. The van der Waals surface area contributed by atoms with Gasteiger partial charge in [0.25, 0.3) is 0 Å². The zero-order chi connectivity index (χ0) is 60.8. The standard InChI is InChI=1S/C60H70F2N12O11/c1-2-51(77)64-26-27-67-59(83)73-58(63)66-24-10-20-49(55(80)69-31-45-47(61)29-40(76)30-48(45)62)72-57(82)54(74-32-37-12-3-4-13-38(37)33-74)36-14-9-15-39(28-36)70-52(78)21-11-23-65-56(81)50(34-75)71-53(79)22-25-68-60(84)85-35-46-43-18-7-5-16-41(43)42-17-6-8-19-44(42)46/h3-9,12-19,28-30,46,49-50,54,75-76H,2,10-11,20-27,31-35H2,1H3,(H,64,77)(H,65,81)(H,68,84)(H,69,80)(H,70,78)(H,71,79)(H,72,82)(H4,63,66,67,73,83)/t49-,50-,54?/m1/s1. The van der Waals surface area contributed by atoms with Crippen LogP contribution in [0, 0.1) is 11.6 Å². The average Bonchev–Trinajstić information content (AvgIpc) is 4.27. The number of alkyl carbamates (subject to hydrolysis) is 1. The van der Waals surface area contributed by atoms with Gasteiger partial charge in [0, 0.05) is 101 Å². The van der Waals surface area contributed by atoms with Gasteiger partial charge in [-0.15, -0.1) is 0 Å². The molecule has 450 valence electrons. The summed E-state index contributed by atoms with van der Waals surface area (Å²) in [7, 11) is 0. The van der Waals surface area contributed by atoms with Crippen LogP contribution in [0.1, 0.15) is 90.8 Å². The minimum atomic E-state index is -1.31. The van der Waals surface area contributed by atoms with Crippen molar-refractivity contribution in [3.05, 3.63) is 154 Å². The minimum absolute atomic E-state index is 0.00368. The van der Waals surface area contributed by atoms with Gasteiger partial charge < -0.3 is 68.5 Å². The number of ether oxygens (including phenoxy) is 1. The normalized spacial score (nSPS) is 13.6. The number of anilines is 1. The van der Waals surface area contributed by atoms with Gasteiger partial charge in [0.1, 0.15) is 42.1 Å². The molecule has 85 heavy (non-hydrogen) atoms. The highest BCUT2D eigenvalue weighted by Gasteiger charge is 2.35. The van der Waals surface area contributed by atoms with E-state index in [9.17, 15) is 57.4 Å². The third-order valence-corrected chi connectivity index (χ3v) is 14.1. The molecule has 13 N–H and O–H groups in total. The maximum atomic E-state index is 14.7. The molecule has 7 rings (SSSR count). The third kappa shape index (κ3) is 18.3. The van der Waals surface area contributed by atoms with E-state index in [1.807, 2.05) is 77.7 Å². The van der Waals surface area contributed by atoms with Crippen LogP contribution >= 0.6 is 0 Å². The van der Waals surface area contributed by atoms with Gasteiger partial charge in [-0.25, -0.2) is 18.4 Å². The molecule has 2 aliphatic rings. The van der Waals surface area contributed by atoms with Crippen LogP contribution in [-0.4, -0.2) is 127 Å². The molecule has 0 spiro atoms. The molecule has 1 aliphatic carbocycles. The van der Waals surface area contributed by atoms with E-state index in [1.165, 1.54) is 0 Å². The number of fused-ring (bicyclic) bond motifs is 4. The van der Waals surface area contributed by atoms with Crippen LogP contribution in [0.15, 0.2) is 114 Å². The first-order chi connectivity index (χ1) is 41.0. The molecule has 5 aromatic carbocycles. The molecule has 0 aromatic heterocycles. The quantitative estimate of drug-likeness (QED) is 0.0193. The van der Waals surface area contributed by atoms with Gasteiger partial charge in [0.2, 0.25) is 35.4 Å². The molecule has 0 fully saturated rings. The fourth-order valence-electron chi connectivity index (χ4n) is 9.84. The smallest absolute Gasteiger partial charge is 0.407 e. The summed E-state index contributed by atoms with van der Waals surface area (Å²) in [6.45, 7) is 1.34. The molecule has 1 unspecified atom stereocenters. The van der Waals surface area contributed by atoms with E-state index >= 15 is 0 Å². The SMILES string of the molecule is CCC(=O)NCCNC(=O)/N=C(/N)NCCC[C@@H](NC(=O)C(c1cccc(NC(=O)CCCNC(=O)[C@@H](CO)NC(=O)CCNC(=O)OCC2c3ccccc3-c3ccccc32)c1)N1Cc2ccccc2C1)C(=O)NCc1c(F)cc(O)cc1F. The maximum absolute atomic E-state index is 14.7. The van der Waals surface area contributed by atoms with Gasteiger partial charge in [-0.1, -0.05) is 91.9 Å². The van der Waals surface area contributed by atoms with E-state index in [2.05, 4.69) is 52.8 Å². The molecule has 0 bridgehead atoms. The molecule has 23 nitrogen and oxygen atoms in total. The lowest BCUT2D eigenvalue weighted by molar-refractivity contribution is -0.132. The van der Waals surface area contributed by atoms with Gasteiger partial charge in [-0.05, 0) is 70.3 Å². The maximum Gasteiger partial charge on any atom is 0.407 e. The van der Waals surface area contributed by atoms with E-state index in [0.717, 1.165) is 33.4 Å². The Morgan fingerprint density at radius 2 is 1.29 bits per heavy atom. The molecule has 0 radical (unpaired) electrons. The van der Waals surface area contributed by atoms with E-state index < -0.39 is 95.9 Å². The molecule has 25 heteroatoms. The number of aromatic hydroxyl groups is 1. The van der Waals surface area contributed by atoms with Crippen molar-refractivity contribution in [1.82, 2.24) is 47.4 Å². The number of nitrogens with one attached hydrogen (secondary N) is 9. The lowest BCUT2D eigenvalue weighted by atomic mass is 9.98. The number of aliphatic hydroxyl groups is 1. The van der Waals surface area contributed by atoms with Crippen LogP contribution in [0.2, 0.25) is 0 Å². The number of phenolic OH excluding ortho intramolecular Hbond substituents is 1. The molecule has 1 heterocycles. The number of amides is 9. The Bertz CT molecular complexity index is 3160. The minimum Gasteiger partial charge on any atom is -0.508 e. The van der Waals surface area contributed by atoms with Gasteiger partial charge in [-0.3, -0.25) is 33.7 Å². The van der Waals surface area contributed by atoms with Crippen molar-refractivity contribution in [2.45, 2.75) is 89.1 Å². The molecule has 0 saturated heterocycles. The Morgan fingerprint density at radius 1 is 0.659 bits per heavy atom. The summed E-state index contributed by atoms with van der Waals surface area (Å²) in [5.74, 6) is -6.61. The van der Waals surface area contributed by atoms with Gasteiger partial charge in [0.15, 0.2) is 5.96 Å². The van der Waals surface area contributed by atoms with E-state index in [4.69, 9.17) is 10.5 Å². The van der Waals surface area contributed by atoms with Crippen molar-refractivity contribution in [2.24, 2.45) is 10.7 Å². The van der Waals surface area contributed by atoms with Gasteiger partial charge >= 0.3 is 12.1 Å². The Labute approximate surface area is 489 Å². The molecule has 9 amide bonds. The van der Waals surface area contributed by atoms with Crippen LogP contribution in [0.5, 0.6) is 5.75 Å². The van der Waals surface area contributed by atoms with Crippen LogP contribution in [-0.2, 0) is 53.1 Å². The summed E-state index contributed by atoms with van der Waals surface area (Å²) in [4.78, 5) is 110. The number of carbonyl (C=O) groups is 8. The first kappa shape index (κ1) is 63.1. The fourth-order valence-corrected chi connectivity index (χ4v) is 9.84. The highest BCUT2D eigenvalue weighted by atomic mass is 19.1.